The van der Waals surface area contributed by atoms with Gasteiger partial charge in [-0.15, -0.1) is 0 Å². The SMILES string of the molecule is CCNc1cncc(NC2CCC(SC)CC2)n1. The van der Waals surface area contributed by atoms with Crippen LogP contribution in [0.25, 0.3) is 0 Å². The van der Waals surface area contributed by atoms with Crippen LogP contribution in [0.1, 0.15) is 32.6 Å². The molecule has 0 spiro atoms. The highest BCUT2D eigenvalue weighted by Crippen LogP contribution is 2.28. The molecule has 1 aliphatic carbocycles. The van der Waals surface area contributed by atoms with Crippen molar-refractivity contribution in [1.29, 1.82) is 0 Å². The molecule has 5 heteroatoms. The molecule has 1 fully saturated rings. The smallest absolute Gasteiger partial charge is 0.147 e. The molecule has 2 N–H and O–H groups in total. The molecule has 0 unspecified atom stereocenters. The minimum Gasteiger partial charge on any atom is -0.369 e. The second-order valence-electron chi connectivity index (χ2n) is 4.67. The Hall–Kier alpha value is -0.970. The first-order chi connectivity index (χ1) is 8.81. The van der Waals surface area contributed by atoms with Gasteiger partial charge in [0.2, 0.25) is 0 Å². The van der Waals surface area contributed by atoms with Crippen molar-refractivity contribution in [3.63, 3.8) is 0 Å². The second kappa shape index (κ2) is 6.83. The molecule has 1 aliphatic rings. The zero-order valence-corrected chi connectivity index (χ0v) is 12.0. The van der Waals surface area contributed by atoms with E-state index in [1.165, 1.54) is 25.7 Å². The molecule has 0 amide bonds. The molecular weight excluding hydrogens is 244 g/mol. The molecule has 0 aliphatic heterocycles. The van der Waals surface area contributed by atoms with Crippen LogP contribution in [-0.2, 0) is 0 Å². The van der Waals surface area contributed by atoms with Gasteiger partial charge in [0.05, 0.1) is 12.4 Å². The van der Waals surface area contributed by atoms with Gasteiger partial charge in [-0.2, -0.15) is 11.8 Å². The molecule has 0 saturated heterocycles. The number of thioether (sulfide) groups is 1. The van der Waals surface area contributed by atoms with Gasteiger partial charge in [-0.3, -0.25) is 4.98 Å². The summed E-state index contributed by atoms with van der Waals surface area (Å²) in [4.78, 5) is 8.71. The second-order valence-corrected chi connectivity index (χ2v) is 5.81. The van der Waals surface area contributed by atoms with Gasteiger partial charge in [0.25, 0.3) is 0 Å². The quantitative estimate of drug-likeness (QED) is 0.858. The van der Waals surface area contributed by atoms with E-state index in [1.54, 1.807) is 6.20 Å². The van der Waals surface area contributed by atoms with Crippen LogP contribution in [0.4, 0.5) is 11.6 Å². The predicted molar refractivity (Wildman–Crippen MR) is 79.4 cm³/mol. The molecule has 100 valence electrons. The van der Waals surface area contributed by atoms with Crippen molar-refractivity contribution in [2.75, 3.05) is 23.4 Å². The van der Waals surface area contributed by atoms with Crippen LogP contribution in [0.5, 0.6) is 0 Å². The summed E-state index contributed by atoms with van der Waals surface area (Å²) in [6, 6.07) is 0.555. The largest absolute Gasteiger partial charge is 0.369 e. The third-order valence-corrected chi connectivity index (χ3v) is 4.49. The van der Waals surface area contributed by atoms with Crippen molar-refractivity contribution < 1.29 is 0 Å². The lowest BCUT2D eigenvalue weighted by molar-refractivity contribution is 0.472. The van der Waals surface area contributed by atoms with Gasteiger partial charge in [0.15, 0.2) is 0 Å². The number of hydrogen-bond acceptors (Lipinski definition) is 5. The topological polar surface area (TPSA) is 49.8 Å². The van der Waals surface area contributed by atoms with Crippen molar-refractivity contribution in [2.45, 2.75) is 43.9 Å². The third kappa shape index (κ3) is 3.77. The van der Waals surface area contributed by atoms with Crippen molar-refractivity contribution in [1.82, 2.24) is 9.97 Å². The molecule has 4 nitrogen and oxygen atoms in total. The highest BCUT2D eigenvalue weighted by atomic mass is 32.2. The van der Waals surface area contributed by atoms with Crippen LogP contribution in [0.3, 0.4) is 0 Å². The van der Waals surface area contributed by atoms with Gasteiger partial charge in [-0.1, -0.05) is 0 Å². The van der Waals surface area contributed by atoms with Crippen molar-refractivity contribution in [2.24, 2.45) is 0 Å². The van der Waals surface area contributed by atoms with Crippen LogP contribution in [0, 0.1) is 0 Å². The lowest BCUT2D eigenvalue weighted by Crippen LogP contribution is -2.27. The molecule has 1 heterocycles. The molecular formula is C13H22N4S. The zero-order valence-electron chi connectivity index (χ0n) is 11.1. The minimum absolute atomic E-state index is 0.555. The number of nitrogens with one attached hydrogen (secondary N) is 2. The maximum Gasteiger partial charge on any atom is 0.147 e. The molecule has 1 aromatic rings. The molecule has 0 aromatic carbocycles. The lowest BCUT2D eigenvalue weighted by atomic mass is 9.95. The first-order valence-corrected chi connectivity index (χ1v) is 7.96. The maximum absolute atomic E-state index is 4.51. The van der Waals surface area contributed by atoms with Gasteiger partial charge in [-0.25, -0.2) is 4.98 Å². The summed E-state index contributed by atoms with van der Waals surface area (Å²) in [5.41, 5.74) is 0. The Morgan fingerprint density at radius 2 is 1.94 bits per heavy atom. The van der Waals surface area contributed by atoms with Gasteiger partial charge >= 0.3 is 0 Å². The Kier molecular flexibility index (Phi) is 5.11. The molecule has 18 heavy (non-hydrogen) atoms. The standard InChI is InChI=1S/C13H22N4S/c1-3-15-12-8-14-9-13(17-12)16-10-4-6-11(18-2)7-5-10/h8-11H,3-7H2,1-2H3,(H2,15,16,17). The molecule has 1 saturated carbocycles. The maximum atomic E-state index is 4.51. The molecule has 1 aromatic heterocycles. The van der Waals surface area contributed by atoms with E-state index in [4.69, 9.17) is 0 Å². The van der Waals surface area contributed by atoms with Crippen LogP contribution < -0.4 is 10.6 Å². The Morgan fingerprint density at radius 3 is 2.61 bits per heavy atom. The van der Waals surface area contributed by atoms with Crippen LogP contribution >= 0.6 is 11.8 Å². The van der Waals surface area contributed by atoms with E-state index in [1.807, 2.05) is 18.0 Å². The Balaban J connectivity index is 1.87. The fourth-order valence-corrected chi connectivity index (χ4v) is 3.10. The van der Waals surface area contributed by atoms with E-state index in [2.05, 4.69) is 33.8 Å². The van der Waals surface area contributed by atoms with Crippen LogP contribution in [0.15, 0.2) is 12.4 Å². The highest BCUT2D eigenvalue weighted by molar-refractivity contribution is 7.99. The number of rotatable bonds is 5. The van der Waals surface area contributed by atoms with Crippen LogP contribution in [0.2, 0.25) is 0 Å². The Bertz CT molecular complexity index is 364. The van der Waals surface area contributed by atoms with E-state index < -0.39 is 0 Å². The molecule has 0 bridgehead atoms. The van der Waals surface area contributed by atoms with Crippen molar-refractivity contribution in [3.8, 4) is 0 Å². The van der Waals surface area contributed by atoms with E-state index in [0.717, 1.165) is 23.4 Å². The minimum atomic E-state index is 0.555. The number of hydrogen-bond donors (Lipinski definition) is 2. The zero-order chi connectivity index (χ0) is 12.8. The Labute approximate surface area is 113 Å². The first kappa shape index (κ1) is 13.5. The molecule has 2 rings (SSSR count). The number of anilines is 2. The number of aromatic nitrogens is 2. The summed E-state index contributed by atoms with van der Waals surface area (Å²) in [5.74, 6) is 1.74. The van der Waals surface area contributed by atoms with E-state index in [-0.39, 0.29) is 0 Å². The summed E-state index contributed by atoms with van der Waals surface area (Å²) < 4.78 is 0. The van der Waals surface area contributed by atoms with Crippen molar-refractivity contribution >= 4 is 23.4 Å². The Morgan fingerprint density at radius 1 is 1.22 bits per heavy atom. The summed E-state index contributed by atoms with van der Waals surface area (Å²) in [5, 5.41) is 7.54. The summed E-state index contributed by atoms with van der Waals surface area (Å²) >= 11 is 2.00. The van der Waals surface area contributed by atoms with Gasteiger partial charge in [0.1, 0.15) is 11.6 Å². The van der Waals surface area contributed by atoms with Crippen LogP contribution in [-0.4, -0.2) is 34.1 Å². The first-order valence-electron chi connectivity index (χ1n) is 6.67. The lowest BCUT2D eigenvalue weighted by Gasteiger charge is -2.28. The summed E-state index contributed by atoms with van der Waals surface area (Å²) in [6.07, 6.45) is 10.9. The summed E-state index contributed by atoms with van der Waals surface area (Å²) in [6.45, 7) is 2.93. The van der Waals surface area contributed by atoms with Gasteiger partial charge in [-0.05, 0) is 38.9 Å². The highest BCUT2D eigenvalue weighted by Gasteiger charge is 2.20. The fourth-order valence-electron chi connectivity index (χ4n) is 2.35. The average Bonchev–Trinajstić information content (AvgIpc) is 2.40. The monoisotopic (exact) mass is 266 g/mol. The average molecular weight is 266 g/mol. The normalized spacial score (nSPS) is 23.7. The fraction of sp³-hybridized carbons (Fsp3) is 0.692. The van der Waals surface area contributed by atoms with Gasteiger partial charge < -0.3 is 10.6 Å². The van der Waals surface area contributed by atoms with E-state index in [0.29, 0.717) is 6.04 Å². The molecule has 0 atom stereocenters. The third-order valence-electron chi connectivity index (χ3n) is 3.35. The summed E-state index contributed by atoms with van der Waals surface area (Å²) in [7, 11) is 0. The molecule has 0 radical (unpaired) electrons. The predicted octanol–water partition coefficient (Wildman–Crippen LogP) is 2.99. The van der Waals surface area contributed by atoms with Gasteiger partial charge in [0, 0.05) is 17.8 Å². The van der Waals surface area contributed by atoms with Crippen molar-refractivity contribution in [3.05, 3.63) is 12.4 Å². The van der Waals surface area contributed by atoms with E-state index >= 15 is 0 Å². The van der Waals surface area contributed by atoms with E-state index in [9.17, 15) is 0 Å². The number of nitrogens with zero attached hydrogens (tertiary/aromatic N) is 2.